The standard InChI is InChI=1S/C12H22O3/c1-3-4-5-8-12(15-10-13)9-6-7-11(2)14/h10,12H,3-9H2,1-2H3/t12-/m1/s1. The first-order chi connectivity index (χ1) is 7.20. The van der Waals surface area contributed by atoms with Gasteiger partial charge in [-0.2, -0.15) is 0 Å². The van der Waals surface area contributed by atoms with Crippen molar-refractivity contribution in [3.63, 3.8) is 0 Å². The van der Waals surface area contributed by atoms with Crippen LogP contribution in [-0.2, 0) is 14.3 Å². The van der Waals surface area contributed by atoms with E-state index in [1.54, 1.807) is 6.92 Å². The van der Waals surface area contributed by atoms with E-state index in [-0.39, 0.29) is 11.9 Å². The minimum atomic E-state index is 0.00778. The lowest BCUT2D eigenvalue weighted by molar-refractivity contribution is -0.134. The Morgan fingerprint density at radius 3 is 2.47 bits per heavy atom. The van der Waals surface area contributed by atoms with Gasteiger partial charge in [-0.05, 0) is 32.6 Å². The van der Waals surface area contributed by atoms with Gasteiger partial charge >= 0.3 is 0 Å². The van der Waals surface area contributed by atoms with Crippen LogP contribution in [0.1, 0.15) is 58.8 Å². The molecule has 0 unspecified atom stereocenters. The third-order valence-electron chi connectivity index (χ3n) is 2.43. The normalized spacial score (nSPS) is 12.1. The summed E-state index contributed by atoms with van der Waals surface area (Å²) in [5.41, 5.74) is 0. The first-order valence-corrected chi connectivity index (χ1v) is 5.79. The molecule has 0 fully saturated rings. The smallest absolute Gasteiger partial charge is 0.293 e. The van der Waals surface area contributed by atoms with Crippen LogP contribution < -0.4 is 0 Å². The molecular formula is C12H22O3. The van der Waals surface area contributed by atoms with E-state index in [0.717, 1.165) is 25.7 Å². The van der Waals surface area contributed by atoms with Gasteiger partial charge in [-0.15, -0.1) is 0 Å². The van der Waals surface area contributed by atoms with Crippen LogP contribution in [0.2, 0.25) is 0 Å². The molecule has 0 aliphatic heterocycles. The molecule has 3 heteroatoms. The van der Waals surface area contributed by atoms with Crippen LogP contribution in [-0.4, -0.2) is 18.4 Å². The molecular weight excluding hydrogens is 192 g/mol. The van der Waals surface area contributed by atoms with Crippen molar-refractivity contribution in [1.29, 1.82) is 0 Å². The molecule has 0 bridgehead atoms. The Morgan fingerprint density at radius 2 is 1.93 bits per heavy atom. The monoisotopic (exact) mass is 214 g/mol. The second-order valence-corrected chi connectivity index (χ2v) is 3.94. The minimum absolute atomic E-state index is 0.00778. The summed E-state index contributed by atoms with van der Waals surface area (Å²) in [5, 5.41) is 0. The predicted octanol–water partition coefficient (Wildman–Crippen LogP) is 2.87. The number of carbonyl (C=O) groups is 2. The third-order valence-corrected chi connectivity index (χ3v) is 2.43. The summed E-state index contributed by atoms with van der Waals surface area (Å²) >= 11 is 0. The molecule has 0 heterocycles. The van der Waals surface area contributed by atoms with Crippen LogP contribution in [0.3, 0.4) is 0 Å². The molecule has 0 aromatic carbocycles. The van der Waals surface area contributed by atoms with Gasteiger partial charge in [0.2, 0.25) is 0 Å². The molecule has 0 aromatic rings. The number of hydrogen-bond donors (Lipinski definition) is 0. The van der Waals surface area contributed by atoms with Gasteiger partial charge in [0.05, 0.1) is 0 Å². The van der Waals surface area contributed by atoms with E-state index in [1.165, 1.54) is 12.8 Å². The lowest BCUT2D eigenvalue weighted by Crippen LogP contribution is -2.12. The van der Waals surface area contributed by atoms with Crippen molar-refractivity contribution >= 4 is 12.3 Å². The molecule has 0 radical (unpaired) electrons. The molecule has 1 atom stereocenters. The van der Waals surface area contributed by atoms with Crippen LogP contribution >= 0.6 is 0 Å². The fraction of sp³-hybridized carbons (Fsp3) is 0.833. The molecule has 0 saturated carbocycles. The van der Waals surface area contributed by atoms with Crippen LogP contribution in [0.4, 0.5) is 0 Å². The molecule has 15 heavy (non-hydrogen) atoms. The summed E-state index contributed by atoms with van der Waals surface area (Å²) in [6.45, 7) is 4.25. The zero-order valence-corrected chi connectivity index (χ0v) is 9.83. The van der Waals surface area contributed by atoms with Gasteiger partial charge < -0.3 is 9.53 Å². The van der Waals surface area contributed by atoms with E-state index < -0.39 is 0 Å². The van der Waals surface area contributed by atoms with Gasteiger partial charge in [0.1, 0.15) is 11.9 Å². The van der Waals surface area contributed by atoms with Crippen LogP contribution in [0, 0.1) is 0 Å². The van der Waals surface area contributed by atoms with Crippen molar-refractivity contribution in [2.24, 2.45) is 0 Å². The van der Waals surface area contributed by atoms with Gasteiger partial charge in [-0.3, -0.25) is 4.79 Å². The van der Waals surface area contributed by atoms with Crippen molar-refractivity contribution in [1.82, 2.24) is 0 Å². The Hall–Kier alpha value is -0.860. The molecule has 0 amide bonds. The zero-order valence-electron chi connectivity index (χ0n) is 9.83. The first kappa shape index (κ1) is 14.1. The Kier molecular flexibility index (Phi) is 9.13. The minimum Gasteiger partial charge on any atom is -0.465 e. The SMILES string of the molecule is CCCCC[C@H](CCCC(C)=O)OC=O. The predicted molar refractivity (Wildman–Crippen MR) is 59.6 cm³/mol. The van der Waals surface area contributed by atoms with E-state index >= 15 is 0 Å². The highest BCUT2D eigenvalue weighted by Crippen LogP contribution is 2.12. The zero-order chi connectivity index (χ0) is 11.5. The topological polar surface area (TPSA) is 43.4 Å². The number of ketones is 1. The lowest BCUT2D eigenvalue weighted by Gasteiger charge is -2.14. The summed E-state index contributed by atoms with van der Waals surface area (Å²) in [4.78, 5) is 21.0. The maximum atomic E-state index is 10.7. The Labute approximate surface area is 92.2 Å². The van der Waals surface area contributed by atoms with Crippen LogP contribution in [0.25, 0.3) is 0 Å². The number of Topliss-reactive ketones (excluding diaryl/α,β-unsaturated/α-hetero) is 1. The number of unbranched alkanes of at least 4 members (excludes halogenated alkanes) is 2. The van der Waals surface area contributed by atoms with Crippen molar-refractivity contribution in [3.8, 4) is 0 Å². The summed E-state index contributed by atoms with van der Waals surface area (Å²) < 4.78 is 4.98. The Bertz CT molecular complexity index is 178. The van der Waals surface area contributed by atoms with E-state index in [4.69, 9.17) is 4.74 Å². The second kappa shape index (κ2) is 9.69. The summed E-state index contributed by atoms with van der Waals surface area (Å²) in [7, 11) is 0. The van der Waals surface area contributed by atoms with Crippen molar-refractivity contribution in [2.45, 2.75) is 64.9 Å². The van der Waals surface area contributed by atoms with E-state index in [9.17, 15) is 9.59 Å². The molecule has 0 aliphatic carbocycles. The molecule has 88 valence electrons. The maximum Gasteiger partial charge on any atom is 0.293 e. The van der Waals surface area contributed by atoms with Gasteiger partial charge in [-0.25, -0.2) is 0 Å². The second-order valence-electron chi connectivity index (χ2n) is 3.94. The number of carbonyl (C=O) groups excluding carboxylic acids is 2. The number of rotatable bonds is 10. The molecule has 0 aliphatic rings. The molecule has 0 aromatic heterocycles. The van der Waals surface area contributed by atoms with E-state index in [1.807, 2.05) is 0 Å². The Morgan fingerprint density at radius 1 is 1.27 bits per heavy atom. The highest BCUT2D eigenvalue weighted by molar-refractivity contribution is 5.75. The van der Waals surface area contributed by atoms with Gasteiger partial charge in [0.25, 0.3) is 6.47 Å². The number of ether oxygens (including phenoxy) is 1. The summed E-state index contributed by atoms with van der Waals surface area (Å²) in [6, 6.07) is 0. The quantitative estimate of drug-likeness (QED) is 0.415. The highest BCUT2D eigenvalue weighted by atomic mass is 16.5. The number of hydrogen-bond acceptors (Lipinski definition) is 3. The molecule has 0 spiro atoms. The summed E-state index contributed by atoms with van der Waals surface area (Å²) in [6.07, 6.45) is 6.58. The first-order valence-electron chi connectivity index (χ1n) is 5.79. The molecule has 3 nitrogen and oxygen atoms in total. The largest absolute Gasteiger partial charge is 0.465 e. The fourth-order valence-corrected chi connectivity index (χ4v) is 1.56. The van der Waals surface area contributed by atoms with E-state index in [0.29, 0.717) is 12.9 Å². The van der Waals surface area contributed by atoms with Crippen LogP contribution in [0.15, 0.2) is 0 Å². The fourth-order valence-electron chi connectivity index (χ4n) is 1.56. The summed E-state index contributed by atoms with van der Waals surface area (Å²) in [5.74, 6) is 0.202. The lowest BCUT2D eigenvalue weighted by atomic mass is 10.0. The average Bonchev–Trinajstić information content (AvgIpc) is 2.17. The van der Waals surface area contributed by atoms with Crippen molar-refractivity contribution in [3.05, 3.63) is 0 Å². The molecule has 0 N–H and O–H groups in total. The Balaban J connectivity index is 3.62. The van der Waals surface area contributed by atoms with E-state index in [2.05, 4.69) is 6.92 Å². The maximum absolute atomic E-state index is 10.7. The highest BCUT2D eigenvalue weighted by Gasteiger charge is 2.08. The van der Waals surface area contributed by atoms with Crippen molar-refractivity contribution < 1.29 is 14.3 Å². The third kappa shape index (κ3) is 9.44. The van der Waals surface area contributed by atoms with Gasteiger partial charge in [0, 0.05) is 6.42 Å². The molecule has 0 saturated heterocycles. The van der Waals surface area contributed by atoms with Gasteiger partial charge in [-0.1, -0.05) is 19.8 Å². The molecule has 0 rings (SSSR count). The van der Waals surface area contributed by atoms with Crippen molar-refractivity contribution in [2.75, 3.05) is 0 Å². The average molecular weight is 214 g/mol. The van der Waals surface area contributed by atoms with Gasteiger partial charge in [0.15, 0.2) is 0 Å². The van der Waals surface area contributed by atoms with Crippen LogP contribution in [0.5, 0.6) is 0 Å².